The van der Waals surface area contributed by atoms with E-state index in [9.17, 15) is 9.59 Å². The van der Waals surface area contributed by atoms with Crippen LogP contribution in [0, 0.1) is 5.92 Å². The van der Waals surface area contributed by atoms with Crippen LogP contribution >= 0.6 is 0 Å². The van der Waals surface area contributed by atoms with E-state index in [1.54, 1.807) is 27.4 Å². The van der Waals surface area contributed by atoms with Gasteiger partial charge in [-0.25, -0.2) is 0 Å². The molecule has 0 atom stereocenters. The van der Waals surface area contributed by atoms with Crippen LogP contribution in [0.2, 0.25) is 0 Å². The van der Waals surface area contributed by atoms with E-state index in [0.717, 1.165) is 42.5 Å². The minimum Gasteiger partial charge on any atom is -0.493 e. The van der Waals surface area contributed by atoms with E-state index in [0.29, 0.717) is 36.6 Å². The van der Waals surface area contributed by atoms with E-state index in [1.165, 1.54) is 0 Å². The fourth-order valence-electron chi connectivity index (χ4n) is 4.09. The number of aryl methyl sites for hydroxylation is 1. The van der Waals surface area contributed by atoms with Gasteiger partial charge in [-0.05, 0) is 48.6 Å². The molecular weight excluding hydrogens is 408 g/mol. The number of methoxy groups -OCH3 is 3. The zero-order valence-corrected chi connectivity index (χ0v) is 19.0. The number of ether oxygens (including phenoxy) is 3. The number of anilines is 1. The molecule has 0 aliphatic heterocycles. The van der Waals surface area contributed by atoms with Gasteiger partial charge >= 0.3 is 0 Å². The Kier molecular flexibility index (Phi) is 8.36. The molecule has 172 valence electrons. The first-order valence-corrected chi connectivity index (χ1v) is 11.0. The van der Waals surface area contributed by atoms with Gasteiger partial charge in [-0.15, -0.1) is 0 Å². The molecule has 7 nitrogen and oxygen atoms in total. The molecule has 0 spiro atoms. The van der Waals surface area contributed by atoms with E-state index < -0.39 is 0 Å². The highest BCUT2D eigenvalue weighted by Gasteiger charge is 2.22. The summed E-state index contributed by atoms with van der Waals surface area (Å²) in [5, 5.41) is 5.95. The van der Waals surface area contributed by atoms with Crippen LogP contribution in [-0.4, -0.2) is 33.1 Å². The first-order chi connectivity index (χ1) is 15.5. The van der Waals surface area contributed by atoms with Crippen molar-refractivity contribution in [1.29, 1.82) is 0 Å². The topological polar surface area (TPSA) is 85.9 Å². The highest BCUT2D eigenvalue weighted by molar-refractivity contribution is 5.92. The molecule has 1 aliphatic carbocycles. The summed E-state index contributed by atoms with van der Waals surface area (Å²) in [4.78, 5) is 24.8. The van der Waals surface area contributed by atoms with Crippen LogP contribution in [0.15, 0.2) is 36.4 Å². The van der Waals surface area contributed by atoms with E-state index in [-0.39, 0.29) is 17.7 Å². The monoisotopic (exact) mass is 440 g/mol. The predicted octanol–water partition coefficient (Wildman–Crippen LogP) is 4.09. The maximum atomic E-state index is 12.4. The molecule has 1 saturated carbocycles. The molecule has 0 saturated heterocycles. The smallest absolute Gasteiger partial charge is 0.227 e. The Balaban J connectivity index is 1.53. The van der Waals surface area contributed by atoms with Crippen molar-refractivity contribution in [3.8, 4) is 17.2 Å². The number of hydrogen-bond acceptors (Lipinski definition) is 5. The first kappa shape index (κ1) is 23.4. The maximum Gasteiger partial charge on any atom is 0.227 e. The molecule has 0 heterocycles. The Bertz CT molecular complexity index is 938. The van der Waals surface area contributed by atoms with E-state index in [4.69, 9.17) is 14.2 Å². The Labute approximate surface area is 189 Å². The number of carbonyl (C=O) groups excluding carboxylic acids is 2. The van der Waals surface area contributed by atoms with Crippen molar-refractivity contribution in [1.82, 2.24) is 5.32 Å². The molecule has 1 aliphatic rings. The van der Waals surface area contributed by atoms with Gasteiger partial charge in [0.1, 0.15) is 0 Å². The quantitative estimate of drug-likeness (QED) is 0.581. The Hall–Kier alpha value is -3.22. The second kappa shape index (κ2) is 11.4. The number of hydrogen-bond donors (Lipinski definition) is 2. The molecule has 7 heteroatoms. The van der Waals surface area contributed by atoms with Crippen LogP contribution in [0.3, 0.4) is 0 Å². The summed E-state index contributed by atoms with van der Waals surface area (Å²) in [6, 6.07) is 11.3. The van der Waals surface area contributed by atoms with Crippen LogP contribution in [0.5, 0.6) is 17.2 Å². The van der Waals surface area contributed by atoms with Gasteiger partial charge in [-0.2, -0.15) is 0 Å². The maximum absolute atomic E-state index is 12.4. The van der Waals surface area contributed by atoms with Crippen LogP contribution in [-0.2, 0) is 22.6 Å². The molecular formula is C25H32N2O5. The third-order valence-corrected chi connectivity index (χ3v) is 5.82. The molecule has 2 N–H and O–H groups in total. The highest BCUT2D eigenvalue weighted by atomic mass is 16.5. The Morgan fingerprint density at radius 2 is 1.72 bits per heavy atom. The van der Waals surface area contributed by atoms with Gasteiger partial charge in [0.05, 0.1) is 21.3 Å². The van der Waals surface area contributed by atoms with Crippen LogP contribution in [0.4, 0.5) is 5.69 Å². The van der Waals surface area contributed by atoms with Gasteiger partial charge in [0.25, 0.3) is 0 Å². The lowest BCUT2D eigenvalue weighted by molar-refractivity contribution is -0.121. The molecule has 32 heavy (non-hydrogen) atoms. The third kappa shape index (κ3) is 5.93. The second-order valence-corrected chi connectivity index (χ2v) is 7.94. The summed E-state index contributed by atoms with van der Waals surface area (Å²) in [6.07, 6.45) is 4.99. The molecule has 2 aromatic rings. The van der Waals surface area contributed by atoms with Gasteiger partial charge in [0.2, 0.25) is 17.6 Å². The lowest BCUT2D eigenvalue weighted by Gasteiger charge is -2.15. The van der Waals surface area contributed by atoms with Crippen molar-refractivity contribution >= 4 is 17.5 Å². The minimum atomic E-state index is -0.0674. The van der Waals surface area contributed by atoms with Crippen molar-refractivity contribution in [3.63, 3.8) is 0 Å². The molecule has 0 radical (unpaired) electrons. The fourth-order valence-corrected chi connectivity index (χ4v) is 4.09. The zero-order valence-electron chi connectivity index (χ0n) is 19.0. The number of rotatable bonds is 10. The fraction of sp³-hybridized carbons (Fsp3) is 0.440. The van der Waals surface area contributed by atoms with Crippen LogP contribution < -0.4 is 24.8 Å². The minimum absolute atomic E-state index is 0.0674. The van der Waals surface area contributed by atoms with Crippen molar-refractivity contribution in [3.05, 3.63) is 47.5 Å². The van der Waals surface area contributed by atoms with Gasteiger partial charge in [0.15, 0.2) is 11.5 Å². The Morgan fingerprint density at radius 1 is 0.969 bits per heavy atom. The molecule has 0 bridgehead atoms. The van der Waals surface area contributed by atoms with Gasteiger partial charge in [0, 0.05) is 24.6 Å². The van der Waals surface area contributed by atoms with E-state index in [2.05, 4.69) is 10.6 Å². The number of amides is 2. The predicted molar refractivity (Wildman–Crippen MR) is 123 cm³/mol. The van der Waals surface area contributed by atoms with Crippen LogP contribution in [0.1, 0.15) is 43.2 Å². The van der Waals surface area contributed by atoms with E-state index in [1.807, 2.05) is 30.3 Å². The van der Waals surface area contributed by atoms with Crippen molar-refractivity contribution < 1.29 is 23.8 Å². The second-order valence-electron chi connectivity index (χ2n) is 7.94. The number of benzene rings is 2. The average Bonchev–Trinajstić information content (AvgIpc) is 3.36. The largest absolute Gasteiger partial charge is 0.493 e. The normalized spacial score (nSPS) is 13.5. The lowest BCUT2D eigenvalue weighted by Crippen LogP contribution is -2.23. The molecule has 2 aromatic carbocycles. The molecule has 3 rings (SSSR count). The number of carbonyl (C=O) groups is 2. The standard InChI is InChI=1S/C25H32N2O5/c1-30-21-13-11-18(23(31-2)24(21)32-3)12-14-22(28)26-16-17-7-6-10-20(15-17)27-25(29)19-8-4-5-9-19/h6-7,10-11,13,15,19H,4-5,8-9,12,14,16H2,1-3H3,(H,26,28)(H,27,29). The average molecular weight is 441 g/mol. The summed E-state index contributed by atoms with van der Waals surface area (Å²) in [6.45, 7) is 0.398. The van der Waals surface area contributed by atoms with E-state index >= 15 is 0 Å². The summed E-state index contributed by atoms with van der Waals surface area (Å²) in [5.74, 6) is 1.81. The third-order valence-electron chi connectivity index (χ3n) is 5.82. The lowest BCUT2D eigenvalue weighted by atomic mass is 10.1. The van der Waals surface area contributed by atoms with Crippen molar-refractivity contribution in [2.45, 2.75) is 45.1 Å². The van der Waals surface area contributed by atoms with Gasteiger partial charge in [-0.1, -0.05) is 31.0 Å². The summed E-state index contributed by atoms with van der Waals surface area (Å²) in [7, 11) is 4.69. The number of nitrogens with one attached hydrogen (secondary N) is 2. The highest BCUT2D eigenvalue weighted by Crippen LogP contribution is 2.40. The van der Waals surface area contributed by atoms with Gasteiger partial charge < -0.3 is 24.8 Å². The summed E-state index contributed by atoms with van der Waals surface area (Å²) < 4.78 is 16.2. The molecule has 0 unspecified atom stereocenters. The Morgan fingerprint density at radius 3 is 2.41 bits per heavy atom. The van der Waals surface area contributed by atoms with Crippen molar-refractivity contribution in [2.75, 3.05) is 26.6 Å². The first-order valence-electron chi connectivity index (χ1n) is 11.0. The van der Waals surface area contributed by atoms with Crippen LogP contribution in [0.25, 0.3) is 0 Å². The summed E-state index contributed by atoms with van der Waals surface area (Å²) >= 11 is 0. The molecule has 1 fully saturated rings. The molecule has 0 aromatic heterocycles. The van der Waals surface area contributed by atoms with Crippen molar-refractivity contribution in [2.24, 2.45) is 5.92 Å². The molecule has 2 amide bonds. The summed E-state index contributed by atoms with van der Waals surface area (Å²) in [5.41, 5.74) is 2.58. The SMILES string of the molecule is COc1ccc(CCC(=O)NCc2cccc(NC(=O)C3CCCC3)c2)c(OC)c1OC. The zero-order chi connectivity index (χ0) is 22.9. The van der Waals surface area contributed by atoms with Gasteiger partial charge in [-0.3, -0.25) is 9.59 Å².